The van der Waals surface area contributed by atoms with Crippen molar-refractivity contribution in [3.8, 4) is 0 Å². The van der Waals surface area contributed by atoms with E-state index in [0.717, 1.165) is 0 Å². The van der Waals surface area contributed by atoms with E-state index in [4.69, 9.17) is 0 Å². The SMILES string of the molecule is CC(C)NC(=O)CN1CCN(C(=O)CCCc2nc3ccccc3c(=O)[nH]2)CC1. The van der Waals surface area contributed by atoms with Crippen LogP contribution in [0.2, 0.25) is 0 Å². The number of H-pyrrole nitrogens is 1. The zero-order chi connectivity index (χ0) is 20.8. The molecule has 1 aliphatic heterocycles. The lowest BCUT2D eigenvalue weighted by Crippen LogP contribution is -2.51. The van der Waals surface area contributed by atoms with E-state index in [1.165, 1.54) is 0 Å². The molecule has 0 radical (unpaired) electrons. The van der Waals surface area contributed by atoms with E-state index in [2.05, 4.69) is 20.2 Å². The molecule has 1 aromatic heterocycles. The molecule has 0 spiro atoms. The van der Waals surface area contributed by atoms with Crippen LogP contribution in [0.5, 0.6) is 0 Å². The molecule has 0 unspecified atom stereocenters. The van der Waals surface area contributed by atoms with Gasteiger partial charge in [0.05, 0.1) is 17.4 Å². The first-order valence-corrected chi connectivity index (χ1v) is 10.2. The molecule has 8 nitrogen and oxygen atoms in total. The van der Waals surface area contributed by atoms with Gasteiger partial charge in [0.2, 0.25) is 11.8 Å². The Morgan fingerprint density at radius 2 is 1.90 bits per heavy atom. The lowest BCUT2D eigenvalue weighted by atomic mass is 10.2. The van der Waals surface area contributed by atoms with Crippen molar-refractivity contribution in [2.75, 3.05) is 32.7 Å². The number of aryl methyl sites for hydroxylation is 1. The lowest BCUT2D eigenvalue weighted by Gasteiger charge is -2.34. The number of carbonyl (C=O) groups excluding carboxylic acids is 2. The monoisotopic (exact) mass is 399 g/mol. The van der Waals surface area contributed by atoms with Gasteiger partial charge in [-0.05, 0) is 32.4 Å². The molecule has 2 N–H and O–H groups in total. The van der Waals surface area contributed by atoms with Gasteiger partial charge in [-0.25, -0.2) is 4.98 Å². The highest BCUT2D eigenvalue weighted by Gasteiger charge is 2.22. The van der Waals surface area contributed by atoms with Crippen LogP contribution in [0.15, 0.2) is 29.1 Å². The lowest BCUT2D eigenvalue weighted by molar-refractivity contribution is -0.133. The Hall–Kier alpha value is -2.74. The van der Waals surface area contributed by atoms with Crippen molar-refractivity contribution in [1.82, 2.24) is 25.1 Å². The fraction of sp³-hybridized carbons (Fsp3) is 0.524. The van der Waals surface area contributed by atoms with E-state index >= 15 is 0 Å². The molecule has 1 aliphatic rings. The Labute approximate surface area is 170 Å². The summed E-state index contributed by atoms with van der Waals surface area (Å²) in [5.41, 5.74) is 0.532. The third-order valence-electron chi connectivity index (χ3n) is 5.01. The molecule has 2 heterocycles. The molecule has 2 amide bonds. The van der Waals surface area contributed by atoms with Crippen molar-refractivity contribution < 1.29 is 9.59 Å². The Bertz CT molecular complexity index is 916. The highest BCUT2D eigenvalue weighted by Crippen LogP contribution is 2.09. The van der Waals surface area contributed by atoms with Gasteiger partial charge >= 0.3 is 0 Å². The number of para-hydroxylation sites is 1. The molecule has 8 heteroatoms. The van der Waals surface area contributed by atoms with Crippen LogP contribution in [0.3, 0.4) is 0 Å². The molecule has 1 fully saturated rings. The molecule has 0 aliphatic carbocycles. The summed E-state index contributed by atoms with van der Waals surface area (Å²) in [4.78, 5) is 47.7. The van der Waals surface area contributed by atoms with Crippen LogP contribution >= 0.6 is 0 Å². The number of nitrogens with zero attached hydrogens (tertiary/aromatic N) is 3. The minimum Gasteiger partial charge on any atom is -0.353 e. The molecule has 2 aromatic rings. The standard InChI is InChI=1S/C21H29N5O3/c1-15(2)22-19(27)14-25-10-12-26(13-11-25)20(28)9-5-8-18-23-17-7-4-3-6-16(17)21(29)24-18/h3-4,6-7,15H,5,8-14H2,1-2H3,(H,22,27)(H,23,24,29). The molecule has 3 rings (SSSR count). The topological polar surface area (TPSA) is 98.4 Å². The third kappa shape index (κ3) is 5.87. The second kappa shape index (κ2) is 9.65. The summed E-state index contributed by atoms with van der Waals surface area (Å²) in [6, 6.07) is 7.38. The van der Waals surface area contributed by atoms with E-state index in [1.807, 2.05) is 36.9 Å². The van der Waals surface area contributed by atoms with Gasteiger partial charge in [0.15, 0.2) is 0 Å². The van der Waals surface area contributed by atoms with Gasteiger partial charge in [-0.1, -0.05) is 12.1 Å². The van der Waals surface area contributed by atoms with E-state index in [0.29, 0.717) is 68.7 Å². The number of rotatable bonds is 7. The summed E-state index contributed by atoms with van der Waals surface area (Å²) >= 11 is 0. The highest BCUT2D eigenvalue weighted by molar-refractivity contribution is 5.79. The molecule has 156 valence electrons. The maximum absolute atomic E-state index is 12.5. The first-order chi connectivity index (χ1) is 13.9. The third-order valence-corrected chi connectivity index (χ3v) is 5.01. The number of nitrogens with one attached hydrogen (secondary N) is 2. The smallest absolute Gasteiger partial charge is 0.258 e. The number of carbonyl (C=O) groups is 2. The zero-order valence-corrected chi connectivity index (χ0v) is 17.1. The number of aromatic amines is 1. The number of benzene rings is 1. The Kier molecular flexibility index (Phi) is 6.98. The molecule has 0 bridgehead atoms. The Morgan fingerprint density at radius 1 is 1.17 bits per heavy atom. The number of aromatic nitrogens is 2. The number of fused-ring (bicyclic) bond motifs is 1. The summed E-state index contributed by atoms with van der Waals surface area (Å²) in [6.07, 6.45) is 1.61. The first kappa shape index (κ1) is 21.0. The average molecular weight is 399 g/mol. The van der Waals surface area contributed by atoms with Crippen molar-refractivity contribution in [2.24, 2.45) is 0 Å². The van der Waals surface area contributed by atoms with Crippen LogP contribution in [0.1, 0.15) is 32.5 Å². The van der Waals surface area contributed by atoms with Crippen LogP contribution in [-0.4, -0.2) is 70.3 Å². The Morgan fingerprint density at radius 3 is 2.62 bits per heavy atom. The summed E-state index contributed by atoms with van der Waals surface area (Å²) in [7, 11) is 0. The van der Waals surface area contributed by atoms with Gasteiger partial charge < -0.3 is 15.2 Å². The van der Waals surface area contributed by atoms with Gasteiger partial charge in [-0.3, -0.25) is 19.3 Å². The largest absolute Gasteiger partial charge is 0.353 e. The summed E-state index contributed by atoms with van der Waals surface area (Å²) in [5.74, 6) is 0.749. The normalized spacial score (nSPS) is 15.1. The van der Waals surface area contributed by atoms with Crippen LogP contribution in [-0.2, 0) is 16.0 Å². The minimum absolute atomic E-state index is 0.0247. The molecule has 1 saturated heterocycles. The van der Waals surface area contributed by atoms with Crippen LogP contribution in [0, 0.1) is 0 Å². The predicted octanol–water partition coefficient (Wildman–Crippen LogP) is 0.915. The number of hydrogen-bond acceptors (Lipinski definition) is 5. The van der Waals surface area contributed by atoms with Gasteiger partial charge in [0.25, 0.3) is 5.56 Å². The number of hydrogen-bond donors (Lipinski definition) is 2. The second-order valence-electron chi connectivity index (χ2n) is 7.76. The van der Waals surface area contributed by atoms with Gasteiger partial charge in [-0.2, -0.15) is 0 Å². The number of piperazine rings is 1. The second-order valence-corrected chi connectivity index (χ2v) is 7.76. The van der Waals surface area contributed by atoms with Crippen LogP contribution < -0.4 is 10.9 Å². The van der Waals surface area contributed by atoms with Crippen molar-refractivity contribution >= 4 is 22.7 Å². The van der Waals surface area contributed by atoms with Crippen LogP contribution in [0.4, 0.5) is 0 Å². The molecule has 0 saturated carbocycles. The highest BCUT2D eigenvalue weighted by atomic mass is 16.2. The van der Waals surface area contributed by atoms with Crippen molar-refractivity contribution in [2.45, 2.75) is 39.2 Å². The summed E-state index contributed by atoms with van der Waals surface area (Å²) in [6.45, 7) is 6.95. The fourth-order valence-corrected chi connectivity index (χ4v) is 3.54. The van der Waals surface area contributed by atoms with Crippen LogP contribution in [0.25, 0.3) is 10.9 Å². The Balaban J connectivity index is 1.43. The molecule has 1 aromatic carbocycles. The van der Waals surface area contributed by atoms with E-state index in [-0.39, 0.29) is 23.4 Å². The maximum atomic E-state index is 12.5. The average Bonchev–Trinajstić information content (AvgIpc) is 2.68. The maximum Gasteiger partial charge on any atom is 0.258 e. The quantitative estimate of drug-likeness (QED) is 0.721. The minimum atomic E-state index is -0.144. The van der Waals surface area contributed by atoms with E-state index < -0.39 is 0 Å². The van der Waals surface area contributed by atoms with E-state index in [9.17, 15) is 14.4 Å². The van der Waals surface area contributed by atoms with Gasteiger partial charge in [-0.15, -0.1) is 0 Å². The summed E-state index contributed by atoms with van der Waals surface area (Å²) < 4.78 is 0. The predicted molar refractivity (Wildman–Crippen MR) is 112 cm³/mol. The van der Waals surface area contributed by atoms with E-state index in [1.54, 1.807) is 6.07 Å². The zero-order valence-electron chi connectivity index (χ0n) is 17.1. The molecular formula is C21H29N5O3. The molecule has 29 heavy (non-hydrogen) atoms. The molecular weight excluding hydrogens is 370 g/mol. The van der Waals surface area contributed by atoms with Crippen molar-refractivity contribution in [3.05, 3.63) is 40.4 Å². The fourth-order valence-electron chi connectivity index (χ4n) is 3.54. The van der Waals surface area contributed by atoms with Crippen molar-refractivity contribution in [3.63, 3.8) is 0 Å². The number of amides is 2. The first-order valence-electron chi connectivity index (χ1n) is 10.2. The molecule has 0 atom stereocenters. The van der Waals surface area contributed by atoms with Gasteiger partial charge in [0, 0.05) is 45.1 Å². The van der Waals surface area contributed by atoms with Gasteiger partial charge in [0.1, 0.15) is 5.82 Å². The van der Waals surface area contributed by atoms with Crippen molar-refractivity contribution in [1.29, 1.82) is 0 Å². The summed E-state index contributed by atoms with van der Waals surface area (Å²) in [5, 5.41) is 3.47.